The van der Waals surface area contributed by atoms with Gasteiger partial charge in [0.2, 0.25) is 6.10 Å². The summed E-state index contributed by atoms with van der Waals surface area (Å²) in [5.74, 6) is -0.623. The van der Waals surface area contributed by atoms with Crippen molar-refractivity contribution >= 4 is 29.8 Å². The maximum absolute atomic E-state index is 11.6. The van der Waals surface area contributed by atoms with Crippen molar-refractivity contribution in [1.82, 2.24) is 0 Å². The lowest BCUT2D eigenvalue weighted by molar-refractivity contribution is -0.145. The van der Waals surface area contributed by atoms with E-state index < -0.39 is 18.0 Å². The highest BCUT2D eigenvalue weighted by Gasteiger charge is 2.30. The predicted molar refractivity (Wildman–Crippen MR) is 139 cm³/mol. The van der Waals surface area contributed by atoms with Gasteiger partial charge in [-0.15, -0.1) is 0 Å². The zero-order valence-electron chi connectivity index (χ0n) is 19.9. The summed E-state index contributed by atoms with van der Waals surface area (Å²) in [5.41, 5.74) is 3.88. The van der Waals surface area contributed by atoms with Crippen molar-refractivity contribution in [3.63, 3.8) is 0 Å². The van der Waals surface area contributed by atoms with Crippen LogP contribution in [0.5, 0.6) is 11.5 Å². The van der Waals surface area contributed by atoms with Gasteiger partial charge in [0.15, 0.2) is 0 Å². The zero-order valence-corrected chi connectivity index (χ0v) is 19.9. The summed E-state index contributed by atoms with van der Waals surface area (Å²) in [7, 11) is 0. The average Bonchev–Trinajstić information content (AvgIpc) is 2.88. The van der Waals surface area contributed by atoms with Gasteiger partial charge in [-0.05, 0) is 47.4 Å². The molecule has 3 aromatic carbocycles. The fourth-order valence-electron chi connectivity index (χ4n) is 4.04. The second kappa shape index (κ2) is 11.9. The smallest absolute Gasteiger partial charge is 0.346 e. The number of rotatable bonds is 11. The molecule has 7 heteroatoms. The normalized spacial score (nSPS) is 14.8. The fraction of sp³-hybridized carbons (Fsp3) is 0.241. The lowest BCUT2D eigenvalue weighted by Crippen LogP contribution is -2.44. The molecule has 0 aliphatic carbocycles. The first kappa shape index (κ1) is 24.9. The van der Waals surface area contributed by atoms with Crippen molar-refractivity contribution in [1.29, 1.82) is 0 Å². The Morgan fingerprint density at radius 3 is 2.42 bits per heavy atom. The Bertz CT molecular complexity index is 1210. The number of aliphatic carboxylic acids is 2. The van der Waals surface area contributed by atoms with E-state index in [0.717, 1.165) is 29.0 Å². The number of benzene rings is 3. The van der Waals surface area contributed by atoms with E-state index in [9.17, 15) is 14.7 Å². The molecular formula is C29H29NO6. The van der Waals surface area contributed by atoms with Crippen LogP contribution in [0.2, 0.25) is 0 Å². The van der Waals surface area contributed by atoms with Crippen LogP contribution in [0, 0.1) is 0 Å². The molecule has 0 saturated heterocycles. The van der Waals surface area contributed by atoms with Gasteiger partial charge in [0.25, 0.3) is 0 Å². The van der Waals surface area contributed by atoms with E-state index in [1.165, 1.54) is 5.56 Å². The number of hydrogen-bond donors (Lipinski definition) is 2. The molecule has 0 saturated carbocycles. The number of anilines is 1. The van der Waals surface area contributed by atoms with Gasteiger partial charge in [-0.25, -0.2) is 4.79 Å². The number of fused-ring (bicyclic) bond motifs is 1. The molecule has 0 bridgehead atoms. The quantitative estimate of drug-likeness (QED) is 0.368. The molecule has 0 amide bonds. The summed E-state index contributed by atoms with van der Waals surface area (Å²) >= 11 is 0. The van der Waals surface area contributed by atoms with Crippen LogP contribution < -0.4 is 14.4 Å². The van der Waals surface area contributed by atoms with Gasteiger partial charge in [-0.3, -0.25) is 4.79 Å². The van der Waals surface area contributed by atoms with Gasteiger partial charge in [-0.1, -0.05) is 60.7 Å². The van der Waals surface area contributed by atoms with E-state index in [4.69, 9.17) is 14.6 Å². The van der Waals surface area contributed by atoms with Gasteiger partial charge in [0.05, 0.1) is 18.8 Å². The summed E-state index contributed by atoms with van der Waals surface area (Å²) in [6.45, 7) is 1.23. The average molecular weight is 488 g/mol. The highest BCUT2D eigenvalue weighted by molar-refractivity contribution is 5.78. The first-order valence-corrected chi connectivity index (χ1v) is 11.9. The minimum Gasteiger partial charge on any atom is -0.493 e. The van der Waals surface area contributed by atoms with Crippen molar-refractivity contribution in [2.45, 2.75) is 25.4 Å². The maximum Gasteiger partial charge on any atom is 0.346 e. The van der Waals surface area contributed by atoms with Crippen LogP contribution in [-0.4, -0.2) is 48.0 Å². The van der Waals surface area contributed by atoms with E-state index in [1.807, 2.05) is 77.7 Å². The van der Waals surface area contributed by atoms with E-state index >= 15 is 0 Å². The standard InChI is InChI=1S/C29H29NO6/c31-28(32)7-4-17-30-20-27(29(33)34)36-26-19-23(12-15-25(26)30)9-8-22-10-13-24(14-11-22)35-18-16-21-5-2-1-3-6-21/h1-3,5-6,8-15,19,27H,4,7,16-18,20H2,(H,31,32)(H,33,34). The molecule has 1 aliphatic heterocycles. The molecule has 4 rings (SSSR count). The number of ether oxygens (including phenoxy) is 2. The Kier molecular flexibility index (Phi) is 8.24. The molecule has 36 heavy (non-hydrogen) atoms. The molecule has 0 spiro atoms. The number of carboxylic acid groups (broad SMARTS) is 2. The van der Waals surface area contributed by atoms with Gasteiger partial charge >= 0.3 is 11.9 Å². The van der Waals surface area contributed by atoms with E-state index in [-0.39, 0.29) is 13.0 Å². The predicted octanol–water partition coefficient (Wildman–Crippen LogP) is 5.00. The third kappa shape index (κ3) is 6.88. The SMILES string of the molecule is O=C(O)CCCN1CC(C(=O)O)Oc2cc(C=Cc3ccc(OCCc4ccccc4)cc3)ccc21. The molecule has 2 N–H and O–H groups in total. The first-order chi connectivity index (χ1) is 17.5. The number of carbonyl (C=O) groups is 2. The largest absolute Gasteiger partial charge is 0.493 e. The van der Waals surface area contributed by atoms with Crippen molar-refractivity contribution < 1.29 is 29.3 Å². The molecule has 1 unspecified atom stereocenters. The van der Waals surface area contributed by atoms with Crippen molar-refractivity contribution in [2.24, 2.45) is 0 Å². The lowest BCUT2D eigenvalue weighted by atomic mass is 10.1. The van der Waals surface area contributed by atoms with E-state index in [1.54, 1.807) is 0 Å². The Hall–Kier alpha value is -4.26. The molecule has 0 radical (unpaired) electrons. The van der Waals surface area contributed by atoms with Crippen LogP contribution in [0.25, 0.3) is 12.2 Å². The molecule has 186 valence electrons. The number of nitrogens with zero attached hydrogens (tertiary/aromatic N) is 1. The minimum atomic E-state index is -1.05. The van der Waals surface area contributed by atoms with Gasteiger partial charge in [0, 0.05) is 19.4 Å². The molecular weight excluding hydrogens is 458 g/mol. The highest BCUT2D eigenvalue weighted by atomic mass is 16.5. The van der Waals surface area contributed by atoms with Gasteiger partial charge < -0.3 is 24.6 Å². The zero-order chi connectivity index (χ0) is 25.3. The Labute approximate surface area is 210 Å². The van der Waals surface area contributed by atoms with Crippen LogP contribution in [0.4, 0.5) is 5.69 Å². The Morgan fingerprint density at radius 2 is 1.69 bits per heavy atom. The lowest BCUT2D eigenvalue weighted by Gasteiger charge is -2.34. The Morgan fingerprint density at radius 1 is 0.972 bits per heavy atom. The molecule has 7 nitrogen and oxygen atoms in total. The van der Waals surface area contributed by atoms with Crippen LogP contribution in [0.1, 0.15) is 29.5 Å². The third-order valence-corrected chi connectivity index (χ3v) is 5.92. The van der Waals surface area contributed by atoms with E-state index in [0.29, 0.717) is 25.3 Å². The van der Waals surface area contributed by atoms with Crippen LogP contribution in [0.3, 0.4) is 0 Å². The maximum atomic E-state index is 11.6. The summed E-state index contributed by atoms with van der Waals surface area (Å²) in [4.78, 5) is 24.3. The topological polar surface area (TPSA) is 96.3 Å². The van der Waals surface area contributed by atoms with Crippen molar-refractivity contribution in [2.75, 3.05) is 24.6 Å². The summed E-state index contributed by atoms with van der Waals surface area (Å²) in [6.07, 6.45) is 4.21. The van der Waals surface area contributed by atoms with Crippen LogP contribution in [0.15, 0.2) is 72.8 Å². The third-order valence-electron chi connectivity index (χ3n) is 5.92. The number of hydrogen-bond acceptors (Lipinski definition) is 5. The second-order valence-corrected chi connectivity index (χ2v) is 8.60. The monoisotopic (exact) mass is 487 g/mol. The Balaban J connectivity index is 1.38. The second-order valence-electron chi connectivity index (χ2n) is 8.60. The van der Waals surface area contributed by atoms with Gasteiger partial charge in [-0.2, -0.15) is 0 Å². The molecule has 0 fully saturated rings. The summed E-state index contributed by atoms with van der Waals surface area (Å²) < 4.78 is 11.6. The van der Waals surface area contributed by atoms with Crippen molar-refractivity contribution in [3.05, 3.63) is 89.5 Å². The molecule has 1 atom stereocenters. The van der Waals surface area contributed by atoms with Crippen LogP contribution >= 0.6 is 0 Å². The number of carboxylic acids is 2. The van der Waals surface area contributed by atoms with E-state index in [2.05, 4.69) is 12.1 Å². The molecule has 1 heterocycles. The van der Waals surface area contributed by atoms with Gasteiger partial charge in [0.1, 0.15) is 11.5 Å². The highest BCUT2D eigenvalue weighted by Crippen LogP contribution is 2.35. The molecule has 3 aromatic rings. The molecule has 1 aliphatic rings. The summed E-state index contributed by atoms with van der Waals surface area (Å²) in [6, 6.07) is 23.7. The van der Waals surface area contributed by atoms with Crippen LogP contribution in [-0.2, 0) is 16.0 Å². The minimum absolute atomic E-state index is 0.0299. The fourth-order valence-corrected chi connectivity index (χ4v) is 4.04. The first-order valence-electron chi connectivity index (χ1n) is 11.9. The summed E-state index contributed by atoms with van der Waals surface area (Å²) in [5, 5.41) is 18.4. The van der Waals surface area contributed by atoms with Crippen molar-refractivity contribution in [3.8, 4) is 11.5 Å². The molecule has 0 aromatic heterocycles.